The van der Waals surface area contributed by atoms with Crippen LogP contribution in [-0.2, 0) is 0 Å². The summed E-state index contributed by atoms with van der Waals surface area (Å²) in [4.78, 5) is 26.8. The zero-order valence-electron chi connectivity index (χ0n) is 12.0. The lowest BCUT2D eigenvalue weighted by Crippen LogP contribution is -1.99. The molecule has 1 aliphatic rings. The van der Waals surface area contributed by atoms with Crippen molar-refractivity contribution in [2.45, 2.75) is 0 Å². The zero-order valence-corrected chi connectivity index (χ0v) is 12.0. The van der Waals surface area contributed by atoms with Crippen LogP contribution in [0.3, 0.4) is 0 Å². The van der Waals surface area contributed by atoms with Crippen molar-refractivity contribution >= 4 is 23.0 Å². The van der Waals surface area contributed by atoms with E-state index in [1.807, 2.05) is 0 Å². The molecule has 0 unspecified atom stereocenters. The summed E-state index contributed by atoms with van der Waals surface area (Å²) in [6.07, 6.45) is 0. The third-order valence-electron chi connectivity index (χ3n) is 3.62. The number of fused-ring (bicyclic) bond motifs is 2. The summed E-state index contributed by atoms with van der Waals surface area (Å²) in [5.41, 5.74) is 0.769. The van der Waals surface area contributed by atoms with Gasteiger partial charge in [0.05, 0.1) is 16.6 Å². The smallest absolute Gasteiger partial charge is 0.371 e. The minimum absolute atomic E-state index is 0.0556. The number of aromatic carboxylic acids is 2. The van der Waals surface area contributed by atoms with Gasteiger partial charge >= 0.3 is 11.9 Å². The molecule has 0 bridgehead atoms. The van der Waals surface area contributed by atoms with Gasteiger partial charge in [-0.15, -0.1) is 0 Å². The second-order valence-electron chi connectivity index (χ2n) is 5.06. The van der Waals surface area contributed by atoms with Gasteiger partial charge in [-0.05, 0) is 24.3 Å². The van der Waals surface area contributed by atoms with Crippen molar-refractivity contribution in [3.63, 3.8) is 0 Å². The summed E-state index contributed by atoms with van der Waals surface area (Å²) < 4.78 is 15.7. The fourth-order valence-electron chi connectivity index (χ4n) is 2.50. The second kappa shape index (κ2) is 4.98. The number of carbonyl (C=O) groups is 2. The predicted octanol–water partition coefficient (Wildman–Crippen LogP) is 2.62. The highest BCUT2D eigenvalue weighted by atomic mass is 16.7. The molecular formula is C16H9NO7. The SMILES string of the molecule is O=C(O)c1cc2c(C(=O)O)cc(-c3ccc4c(c3)OCO4)nc2o1. The molecule has 0 saturated heterocycles. The lowest BCUT2D eigenvalue weighted by atomic mass is 10.1. The maximum absolute atomic E-state index is 11.5. The molecule has 1 aromatic carbocycles. The Kier molecular flexibility index (Phi) is 2.92. The third kappa shape index (κ3) is 2.12. The number of carboxylic acids is 2. The van der Waals surface area contributed by atoms with Gasteiger partial charge in [-0.25, -0.2) is 14.6 Å². The molecule has 24 heavy (non-hydrogen) atoms. The molecule has 8 heteroatoms. The van der Waals surface area contributed by atoms with Gasteiger partial charge in [-0.3, -0.25) is 0 Å². The Morgan fingerprint density at radius 3 is 2.54 bits per heavy atom. The quantitative estimate of drug-likeness (QED) is 0.753. The molecule has 0 saturated carbocycles. The highest BCUT2D eigenvalue weighted by Crippen LogP contribution is 2.36. The molecule has 2 aromatic heterocycles. The van der Waals surface area contributed by atoms with Crippen LogP contribution in [-0.4, -0.2) is 33.9 Å². The van der Waals surface area contributed by atoms with Gasteiger partial charge < -0.3 is 24.1 Å². The standard InChI is InChI=1S/C16H9NO7/c18-15(19)9-4-10(7-1-2-11-12(3-7)23-6-22-11)17-14-8(9)5-13(24-14)16(20)21/h1-5H,6H2,(H,18,19)(H,20,21). The van der Waals surface area contributed by atoms with Crippen molar-refractivity contribution in [2.75, 3.05) is 6.79 Å². The van der Waals surface area contributed by atoms with Crippen LogP contribution in [0, 0.1) is 0 Å². The van der Waals surface area contributed by atoms with Crippen LogP contribution >= 0.6 is 0 Å². The lowest BCUT2D eigenvalue weighted by molar-refractivity contribution is 0.0661. The Balaban J connectivity index is 1.92. The van der Waals surface area contributed by atoms with E-state index >= 15 is 0 Å². The van der Waals surface area contributed by atoms with Crippen molar-refractivity contribution in [1.29, 1.82) is 0 Å². The first kappa shape index (κ1) is 14.1. The number of ether oxygens (including phenoxy) is 2. The van der Waals surface area contributed by atoms with Gasteiger partial charge in [0.25, 0.3) is 0 Å². The fourth-order valence-corrected chi connectivity index (χ4v) is 2.50. The molecule has 1 aliphatic heterocycles. The molecular weight excluding hydrogens is 318 g/mol. The molecule has 0 spiro atoms. The zero-order chi connectivity index (χ0) is 16.8. The van der Waals surface area contributed by atoms with Crippen molar-refractivity contribution < 1.29 is 33.7 Å². The normalized spacial score (nSPS) is 12.5. The van der Waals surface area contributed by atoms with E-state index in [0.717, 1.165) is 6.07 Å². The molecule has 3 aromatic rings. The van der Waals surface area contributed by atoms with Crippen molar-refractivity contribution in [3.8, 4) is 22.8 Å². The topological polar surface area (TPSA) is 119 Å². The number of rotatable bonds is 3. The van der Waals surface area contributed by atoms with E-state index < -0.39 is 11.9 Å². The van der Waals surface area contributed by atoms with Gasteiger partial charge in [0.15, 0.2) is 11.5 Å². The number of carboxylic acid groups (broad SMARTS) is 2. The van der Waals surface area contributed by atoms with Crippen molar-refractivity contribution in [1.82, 2.24) is 4.98 Å². The minimum atomic E-state index is -1.30. The number of furan rings is 1. The van der Waals surface area contributed by atoms with Crippen molar-refractivity contribution in [2.24, 2.45) is 0 Å². The van der Waals surface area contributed by atoms with E-state index in [-0.39, 0.29) is 29.2 Å². The lowest BCUT2D eigenvalue weighted by Gasteiger charge is -2.04. The number of hydrogen-bond donors (Lipinski definition) is 2. The van der Waals surface area contributed by atoms with Crippen LogP contribution in [0.4, 0.5) is 0 Å². The second-order valence-corrected chi connectivity index (χ2v) is 5.06. The Hall–Kier alpha value is -3.55. The van der Waals surface area contributed by atoms with E-state index in [0.29, 0.717) is 22.8 Å². The van der Waals surface area contributed by atoms with Gasteiger partial charge in [-0.1, -0.05) is 0 Å². The monoisotopic (exact) mass is 327 g/mol. The molecule has 4 rings (SSSR count). The van der Waals surface area contributed by atoms with Crippen LogP contribution in [0.2, 0.25) is 0 Å². The highest BCUT2D eigenvalue weighted by Gasteiger charge is 2.21. The number of pyridine rings is 1. The van der Waals surface area contributed by atoms with Gasteiger partial charge in [0.2, 0.25) is 18.3 Å². The first-order valence-electron chi connectivity index (χ1n) is 6.84. The van der Waals surface area contributed by atoms with Crippen LogP contribution < -0.4 is 9.47 Å². The summed E-state index contributed by atoms with van der Waals surface area (Å²) in [6.45, 7) is 0.117. The first-order valence-corrected chi connectivity index (χ1v) is 6.84. The van der Waals surface area contributed by atoms with E-state index in [9.17, 15) is 14.7 Å². The Bertz CT molecular complexity index is 1010. The van der Waals surface area contributed by atoms with Crippen LogP contribution in [0.25, 0.3) is 22.4 Å². The van der Waals surface area contributed by atoms with E-state index in [2.05, 4.69) is 4.98 Å². The molecule has 2 N–H and O–H groups in total. The van der Waals surface area contributed by atoms with Crippen LogP contribution in [0.5, 0.6) is 11.5 Å². The maximum Gasteiger partial charge on any atom is 0.371 e. The maximum atomic E-state index is 11.5. The largest absolute Gasteiger partial charge is 0.478 e. The van der Waals surface area contributed by atoms with E-state index in [4.69, 9.17) is 19.0 Å². The summed E-state index contributed by atoms with van der Waals surface area (Å²) in [5, 5.41) is 18.5. The molecule has 0 atom stereocenters. The van der Waals surface area contributed by atoms with E-state index in [1.165, 1.54) is 6.07 Å². The number of aromatic nitrogens is 1. The van der Waals surface area contributed by atoms with Gasteiger partial charge in [-0.2, -0.15) is 0 Å². The number of hydrogen-bond acceptors (Lipinski definition) is 6. The van der Waals surface area contributed by atoms with Crippen LogP contribution in [0.1, 0.15) is 20.9 Å². The molecule has 0 radical (unpaired) electrons. The molecule has 120 valence electrons. The molecule has 8 nitrogen and oxygen atoms in total. The fraction of sp³-hybridized carbons (Fsp3) is 0.0625. The van der Waals surface area contributed by atoms with Gasteiger partial charge in [0.1, 0.15) is 0 Å². The third-order valence-corrected chi connectivity index (χ3v) is 3.62. The number of benzene rings is 1. The average Bonchev–Trinajstić information content (AvgIpc) is 3.19. The summed E-state index contributed by atoms with van der Waals surface area (Å²) in [6, 6.07) is 7.58. The van der Waals surface area contributed by atoms with Gasteiger partial charge in [0, 0.05) is 11.6 Å². The van der Waals surface area contributed by atoms with E-state index in [1.54, 1.807) is 18.2 Å². The number of nitrogens with zero attached hydrogens (tertiary/aromatic N) is 1. The molecule has 0 amide bonds. The summed E-state index contributed by atoms with van der Waals surface area (Å²) in [7, 11) is 0. The summed E-state index contributed by atoms with van der Waals surface area (Å²) >= 11 is 0. The Morgan fingerprint density at radius 2 is 1.79 bits per heavy atom. The minimum Gasteiger partial charge on any atom is -0.478 e. The summed E-state index contributed by atoms with van der Waals surface area (Å²) in [5.74, 6) is -1.76. The molecule has 0 fully saturated rings. The van der Waals surface area contributed by atoms with Crippen LogP contribution in [0.15, 0.2) is 34.7 Å². The highest BCUT2D eigenvalue weighted by molar-refractivity contribution is 6.04. The average molecular weight is 327 g/mol. The first-order chi connectivity index (χ1) is 11.5. The van der Waals surface area contributed by atoms with Crippen molar-refractivity contribution in [3.05, 3.63) is 41.7 Å². The Morgan fingerprint density at radius 1 is 1.00 bits per heavy atom. The molecule has 3 heterocycles. The molecule has 0 aliphatic carbocycles. The Labute approximate surface area is 133 Å². The predicted molar refractivity (Wildman–Crippen MR) is 79.5 cm³/mol.